The van der Waals surface area contributed by atoms with E-state index in [1.165, 1.54) is 41.5 Å². The van der Waals surface area contributed by atoms with Crippen molar-refractivity contribution in [1.82, 2.24) is 0 Å². The summed E-state index contributed by atoms with van der Waals surface area (Å²) in [7, 11) is 0. The number of hydrogen-bond donors (Lipinski definition) is 0. The van der Waals surface area contributed by atoms with E-state index in [4.69, 9.17) is 88.6 Å². The van der Waals surface area contributed by atoms with E-state index in [1.54, 1.807) is 48.5 Å². The summed E-state index contributed by atoms with van der Waals surface area (Å²) in [5.74, 6) is -2.42. The van der Waals surface area contributed by atoms with Crippen molar-refractivity contribution in [3.63, 3.8) is 0 Å². The first-order valence-corrected chi connectivity index (χ1v) is 14.5. The Kier molecular flexibility index (Phi) is 9.48. The van der Waals surface area contributed by atoms with Crippen molar-refractivity contribution in [2.75, 3.05) is 0 Å². The second kappa shape index (κ2) is 11.5. The van der Waals surface area contributed by atoms with Crippen LogP contribution in [0.1, 0.15) is 52.7 Å². The molecule has 0 aliphatic carbocycles. The van der Waals surface area contributed by atoms with Crippen molar-refractivity contribution >= 4 is 93.5 Å². The highest BCUT2D eigenvalue weighted by molar-refractivity contribution is 6.69. The van der Waals surface area contributed by atoms with Gasteiger partial charge in [0.05, 0.1) is 0 Å². The van der Waals surface area contributed by atoms with Crippen molar-refractivity contribution in [3.8, 4) is 11.5 Å². The molecule has 0 spiro atoms. The van der Waals surface area contributed by atoms with Crippen LogP contribution in [0.15, 0.2) is 48.5 Å². The molecule has 0 unspecified atom stereocenters. The third-order valence-corrected chi connectivity index (χ3v) is 9.68. The molecule has 8 nitrogen and oxygen atoms in total. The van der Waals surface area contributed by atoms with Crippen LogP contribution in [0.5, 0.6) is 11.5 Å². The van der Waals surface area contributed by atoms with Gasteiger partial charge >= 0.3 is 23.9 Å². The Balaban J connectivity index is 0.000000230. The van der Waals surface area contributed by atoms with E-state index >= 15 is 0 Å². The number of alkyl halides is 6. The number of carbonyl (C=O) groups is 4. The molecule has 2 aromatic rings. The van der Waals surface area contributed by atoms with Crippen molar-refractivity contribution in [2.24, 2.45) is 0 Å². The van der Waals surface area contributed by atoms with Crippen LogP contribution < -0.4 is 9.47 Å². The summed E-state index contributed by atoms with van der Waals surface area (Å²) >= 11 is 34.8. The summed E-state index contributed by atoms with van der Waals surface area (Å²) in [5, 5.41) is 0. The van der Waals surface area contributed by atoms with E-state index in [0.29, 0.717) is 22.6 Å². The second-order valence-electron chi connectivity index (χ2n) is 10.8. The van der Waals surface area contributed by atoms with Gasteiger partial charge < -0.3 is 18.9 Å². The number of halogens is 6. The van der Waals surface area contributed by atoms with Gasteiger partial charge in [-0.25, -0.2) is 0 Å². The van der Waals surface area contributed by atoms with Gasteiger partial charge in [0.2, 0.25) is 7.59 Å². The lowest BCUT2D eigenvalue weighted by Gasteiger charge is -2.34. The highest BCUT2D eigenvalue weighted by Gasteiger charge is 2.57. The molecule has 228 valence electrons. The second-order valence-corrected chi connectivity index (χ2v) is 15.4. The summed E-state index contributed by atoms with van der Waals surface area (Å²) in [6.07, 6.45) is 0. The van der Waals surface area contributed by atoms with E-state index < -0.39 is 53.5 Å². The number of carbonyl (C=O) groups excluding carboxylic acids is 4. The lowest BCUT2D eigenvalue weighted by atomic mass is 9.84. The van der Waals surface area contributed by atoms with Gasteiger partial charge in [0, 0.05) is 11.1 Å². The van der Waals surface area contributed by atoms with Crippen LogP contribution >= 0.6 is 69.6 Å². The van der Waals surface area contributed by atoms with Gasteiger partial charge in [0.15, 0.2) is 22.0 Å². The predicted octanol–water partition coefficient (Wildman–Crippen LogP) is 7.11. The maximum absolute atomic E-state index is 12.5. The molecule has 0 radical (unpaired) electrons. The number of esters is 4. The molecule has 0 saturated carbocycles. The third-order valence-electron chi connectivity index (χ3n) is 6.95. The fraction of sp³-hybridized carbons (Fsp3) is 0.429. The first-order chi connectivity index (χ1) is 19.0. The smallest absolute Gasteiger partial charge is 0.333 e. The first kappa shape index (κ1) is 34.5. The van der Waals surface area contributed by atoms with E-state index in [2.05, 4.69) is 0 Å². The Morgan fingerprint density at radius 1 is 0.619 bits per heavy atom. The quantitative estimate of drug-likeness (QED) is 0.144. The topological polar surface area (TPSA) is 105 Å². The summed E-state index contributed by atoms with van der Waals surface area (Å²) in [5.41, 5.74) is -5.11. The molecule has 14 heteroatoms. The molecule has 0 fully saturated rings. The van der Waals surface area contributed by atoms with Gasteiger partial charge in [-0.1, -0.05) is 106 Å². The summed E-state index contributed by atoms with van der Waals surface area (Å²) in [6.45, 7) is 8.66. The molecule has 0 N–H and O–H groups in total. The van der Waals surface area contributed by atoms with Gasteiger partial charge in [-0.2, -0.15) is 0 Å². The monoisotopic (exact) mass is 700 g/mol. The lowest BCUT2D eigenvalue weighted by molar-refractivity contribution is -0.169. The number of para-hydroxylation sites is 2. The Hall–Kier alpha value is -1.94. The van der Waals surface area contributed by atoms with Gasteiger partial charge in [0.25, 0.3) is 0 Å². The molecular weight excluding hydrogens is 677 g/mol. The molecule has 0 bridgehead atoms. The zero-order chi connectivity index (χ0) is 32.1. The SMILES string of the molecule is CC(C)(OC(=O)[C@]1(C)C(=O)Oc2ccccc21)C(Cl)(Cl)Cl.CC(C)(OC(=O)[C@]1(C)C(=O)Oc2ccccc21)C(Cl)(Cl)Cl. The lowest BCUT2D eigenvalue weighted by Crippen LogP contribution is -2.48. The molecule has 42 heavy (non-hydrogen) atoms. The number of fused-ring (bicyclic) bond motifs is 2. The fourth-order valence-corrected chi connectivity index (χ4v) is 3.96. The fourth-order valence-electron chi connectivity index (χ4n) is 3.73. The van der Waals surface area contributed by atoms with Gasteiger partial charge in [-0.15, -0.1) is 0 Å². The minimum absolute atomic E-state index is 0.327. The van der Waals surface area contributed by atoms with Gasteiger partial charge in [0.1, 0.15) is 11.5 Å². The molecule has 2 aromatic carbocycles. The van der Waals surface area contributed by atoms with Gasteiger partial charge in [-0.3, -0.25) is 19.2 Å². The van der Waals surface area contributed by atoms with E-state index in [9.17, 15) is 19.2 Å². The van der Waals surface area contributed by atoms with Crippen LogP contribution in [0.25, 0.3) is 0 Å². The number of ether oxygens (including phenoxy) is 4. The van der Waals surface area contributed by atoms with Crippen molar-refractivity contribution in [3.05, 3.63) is 59.7 Å². The largest absolute Gasteiger partial charge is 0.454 e. The molecule has 2 atom stereocenters. The zero-order valence-electron chi connectivity index (χ0n) is 23.2. The summed E-state index contributed by atoms with van der Waals surface area (Å²) in [4.78, 5) is 49.2. The van der Waals surface area contributed by atoms with Crippen LogP contribution in [0.2, 0.25) is 0 Å². The molecule has 2 aliphatic heterocycles. The summed E-state index contributed by atoms with van der Waals surface area (Å²) in [6, 6.07) is 13.3. The van der Waals surface area contributed by atoms with E-state index in [0.717, 1.165) is 0 Å². The average molecular weight is 703 g/mol. The Morgan fingerprint density at radius 2 is 0.905 bits per heavy atom. The molecule has 2 heterocycles. The Bertz CT molecular complexity index is 1320. The number of hydrogen-bond acceptors (Lipinski definition) is 8. The molecular formula is C28H26Cl6O8. The van der Waals surface area contributed by atoms with E-state index in [-0.39, 0.29) is 0 Å². The highest BCUT2D eigenvalue weighted by Crippen LogP contribution is 2.46. The molecule has 2 aliphatic rings. The van der Waals surface area contributed by atoms with Crippen LogP contribution in [-0.4, -0.2) is 42.7 Å². The van der Waals surface area contributed by atoms with Crippen molar-refractivity contribution in [2.45, 2.75) is 71.2 Å². The van der Waals surface area contributed by atoms with E-state index in [1.807, 2.05) is 0 Å². The third kappa shape index (κ3) is 6.17. The molecule has 0 saturated heterocycles. The number of rotatable bonds is 4. The maximum atomic E-state index is 12.5. The minimum Gasteiger partial charge on any atom is -0.454 e. The predicted molar refractivity (Wildman–Crippen MR) is 160 cm³/mol. The van der Waals surface area contributed by atoms with Crippen LogP contribution in [0, 0.1) is 0 Å². The average Bonchev–Trinajstić information content (AvgIpc) is 3.28. The Morgan fingerprint density at radius 3 is 1.19 bits per heavy atom. The van der Waals surface area contributed by atoms with Crippen LogP contribution in [-0.2, 0) is 39.5 Å². The van der Waals surface area contributed by atoms with Gasteiger partial charge in [-0.05, 0) is 53.7 Å². The summed E-state index contributed by atoms with van der Waals surface area (Å²) < 4.78 is 17.1. The minimum atomic E-state index is -1.83. The van der Waals surface area contributed by atoms with Crippen LogP contribution in [0.3, 0.4) is 0 Å². The maximum Gasteiger partial charge on any atom is 0.333 e. The number of benzene rings is 2. The zero-order valence-corrected chi connectivity index (χ0v) is 27.7. The van der Waals surface area contributed by atoms with Crippen molar-refractivity contribution in [1.29, 1.82) is 0 Å². The molecule has 0 amide bonds. The highest BCUT2D eigenvalue weighted by atomic mass is 35.6. The van der Waals surface area contributed by atoms with Crippen molar-refractivity contribution < 1.29 is 38.1 Å². The molecule has 4 rings (SSSR count). The van der Waals surface area contributed by atoms with Crippen LogP contribution in [0.4, 0.5) is 0 Å². The Labute approximate surface area is 272 Å². The molecule has 0 aromatic heterocycles. The normalized spacial score (nSPS) is 21.7. The first-order valence-electron chi connectivity index (χ1n) is 12.2. The standard InChI is InChI=1S/2C14H13Cl3O4/c2*1-12(2,14(15,16)17)21-11(19)13(3)8-6-4-5-7-9(8)20-10(13)18/h2*4-7H,1-3H3/t2*13-/m00/s1.